The third-order valence-corrected chi connectivity index (χ3v) is 15.4. The molecule has 0 unspecified atom stereocenters. The van der Waals surface area contributed by atoms with Crippen LogP contribution in [0.15, 0.2) is 224 Å². The summed E-state index contributed by atoms with van der Waals surface area (Å²) < 4.78 is 2.67. The van der Waals surface area contributed by atoms with E-state index in [0.29, 0.717) is 0 Å². The van der Waals surface area contributed by atoms with Crippen LogP contribution < -0.4 is 4.90 Å². The van der Waals surface area contributed by atoms with Crippen LogP contribution in [0.1, 0.15) is 47.2 Å². The number of hydrogen-bond donors (Lipinski definition) is 0. The van der Waals surface area contributed by atoms with E-state index in [-0.39, 0.29) is 5.41 Å². The van der Waals surface area contributed by atoms with Crippen molar-refractivity contribution in [3.8, 4) is 33.4 Å². The lowest BCUT2D eigenvalue weighted by molar-refractivity contribution is 0.661. The van der Waals surface area contributed by atoms with Gasteiger partial charge in [-0.1, -0.05) is 190 Å². The standard InChI is InChI=1S/C62H43NS/c1-61(2)52-35-33-46(37-51(52)59-55(61)39-57-60(50-27-15-17-29-56(50)64-57)58(59)41-19-6-3-7-20-41)63(45-31-30-40-18-12-13-21-42(40)36-45)47-32-34-49-48-26-14-16-28-53(48)62(54(49)38-47,43-22-8-4-9-23-43)44-24-10-5-11-25-44/h3-39H,1-2H3. The molecule has 0 N–H and O–H groups in total. The van der Waals surface area contributed by atoms with Crippen LogP contribution >= 0.6 is 11.3 Å². The number of anilines is 3. The highest BCUT2D eigenvalue weighted by atomic mass is 32.1. The van der Waals surface area contributed by atoms with E-state index < -0.39 is 5.41 Å². The van der Waals surface area contributed by atoms with E-state index in [9.17, 15) is 0 Å². The second kappa shape index (κ2) is 14.0. The molecule has 0 bridgehead atoms. The van der Waals surface area contributed by atoms with Gasteiger partial charge >= 0.3 is 0 Å². The van der Waals surface area contributed by atoms with Gasteiger partial charge in [0.1, 0.15) is 0 Å². The maximum absolute atomic E-state index is 2.51. The lowest BCUT2D eigenvalue weighted by Gasteiger charge is -2.35. The van der Waals surface area contributed by atoms with Gasteiger partial charge in [-0.25, -0.2) is 0 Å². The van der Waals surface area contributed by atoms with Crippen molar-refractivity contribution < 1.29 is 0 Å². The van der Waals surface area contributed by atoms with Gasteiger partial charge in [0.05, 0.1) is 5.41 Å². The van der Waals surface area contributed by atoms with Crippen LogP contribution in [0.25, 0.3) is 64.3 Å². The van der Waals surface area contributed by atoms with Gasteiger partial charge in [0.15, 0.2) is 0 Å². The average Bonchev–Trinajstić information content (AvgIpc) is 3.95. The van der Waals surface area contributed by atoms with Gasteiger partial charge in [-0.2, -0.15) is 0 Å². The number of benzene rings is 10. The van der Waals surface area contributed by atoms with Crippen molar-refractivity contribution in [3.05, 3.63) is 258 Å². The lowest BCUT2D eigenvalue weighted by atomic mass is 9.67. The first kappa shape index (κ1) is 37.1. The molecule has 2 aliphatic carbocycles. The molecule has 0 amide bonds. The van der Waals surface area contributed by atoms with E-state index >= 15 is 0 Å². The smallest absolute Gasteiger partial charge is 0.0714 e. The van der Waals surface area contributed by atoms with E-state index in [1.807, 2.05) is 11.3 Å². The topological polar surface area (TPSA) is 3.24 Å². The fourth-order valence-electron chi connectivity index (χ4n) is 11.5. The zero-order valence-corrected chi connectivity index (χ0v) is 36.5. The van der Waals surface area contributed by atoms with E-state index in [1.165, 1.54) is 97.7 Å². The van der Waals surface area contributed by atoms with Gasteiger partial charge in [0.25, 0.3) is 0 Å². The monoisotopic (exact) mass is 833 g/mol. The molecule has 0 spiro atoms. The third kappa shape index (κ3) is 5.24. The highest BCUT2D eigenvalue weighted by molar-refractivity contribution is 7.26. The zero-order valence-electron chi connectivity index (χ0n) is 35.7. The molecule has 2 aliphatic rings. The van der Waals surface area contributed by atoms with Crippen molar-refractivity contribution in [3.63, 3.8) is 0 Å². The van der Waals surface area contributed by atoms with Gasteiger partial charge < -0.3 is 4.90 Å². The molecule has 13 rings (SSSR count). The predicted octanol–water partition coefficient (Wildman–Crippen LogP) is 17.0. The summed E-state index contributed by atoms with van der Waals surface area (Å²) in [6, 6.07) is 84.0. The van der Waals surface area contributed by atoms with Gasteiger partial charge in [-0.05, 0) is 126 Å². The van der Waals surface area contributed by atoms with Crippen LogP contribution in [0, 0.1) is 0 Å². The van der Waals surface area contributed by atoms with E-state index in [2.05, 4.69) is 243 Å². The Kier molecular flexibility index (Phi) is 8.11. The van der Waals surface area contributed by atoms with Gasteiger partial charge in [0, 0.05) is 42.6 Å². The summed E-state index contributed by atoms with van der Waals surface area (Å²) in [5, 5.41) is 5.12. The minimum atomic E-state index is -0.514. The van der Waals surface area contributed by atoms with Crippen LogP contribution in [0.3, 0.4) is 0 Å². The van der Waals surface area contributed by atoms with Crippen molar-refractivity contribution >= 4 is 59.3 Å². The Bertz CT molecular complexity index is 3600. The van der Waals surface area contributed by atoms with Crippen LogP contribution in [0.4, 0.5) is 17.1 Å². The average molecular weight is 834 g/mol. The molecule has 0 saturated heterocycles. The Morgan fingerprint density at radius 2 is 0.969 bits per heavy atom. The third-order valence-electron chi connectivity index (χ3n) is 14.3. The molecule has 64 heavy (non-hydrogen) atoms. The quantitative estimate of drug-likeness (QED) is 0.161. The molecule has 11 aromatic rings. The van der Waals surface area contributed by atoms with Gasteiger partial charge in [-0.15, -0.1) is 11.3 Å². The second-order valence-corrected chi connectivity index (χ2v) is 19.1. The van der Waals surface area contributed by atoms with Crippen molar-refractivity contribution in [2.75, 3.05) is 4.90 Å². The maximum Gasteiger partial charge on any atom is 0.0714 e. The molecule has 0 radical (unpaired) electrons. The molecule has 1 aromatic heterocycles. The first-order valence-electron chi connectivity index (χ1n) is 22.3. The maximum atomic E-state index is 2.51. The van der Waals surface area contributed by atoms with Crippen LogP contribution in [0.5, 0.6) is 0 Å². The largest absolute Gasteiger partial charge is 0.310 e. The first-order valence-corrected chi connectivity index (χ1v) is 23.2. The lowest BCUT2D eigenvalue weighted by Crippen LogP contribution is -2.28. The first-order chi connectivity index (χ1) is 31.5. The summed E-state index contributed by atoms with van der Waals surface area (Å²) >= 11 is 1.91. The van der Waals surface area contributed by atoms with E-state index in [4.69, 9.17) is 0 Å². The van der Waals surface area contributed by atoms with Crippen molar-refractivity contribution in [1.82, 2.24) is 0 Å². The summed E-state index contributed by atoms with van der Waals surface area (Å²) in [4.78, 5) is 2.50. The normalized spacial score (nSPS) is 14.0. The van der Waals surface area contributed by atoms with Gasteiger partial charge in [-0.3, -0.25) is 0 Å². The minimum absolute atomic E-state index is 0.199. The fourth-order valence-corrected chi connectivity index (χ4v) is 12.6. The predicted molar refractivity (Wildman–Crippen MR) is 272 cm³/mol. The molecular formula is C62H43NS. The summed E-state index contributed by atoms with van der Waals surface area (Å²) in [6.07, 6.45) is 0. The fraction of sp³-hybridized carbons (Fsp3) is 0.0645. The molecule has 0 saturated carbocycles. The van der Waals surface area contributed by atoms with E-state index in [1.54, 1.807) is 0 Å². The molecule has 1 nitrogen and oxygen atoms in total. The molecule has 0 atom stereocenters. The molecular weight excluding hydrogens is 791 g/mol. The Morgan fingerprint density at radius 3 is 1.75 bits per heavy atom. The van der Waals surface area contributed by atoms with Crippen LogP contribution in [-0.4, -0.2) is 0 Å². The van der Waals surface area contributed by atoms with Crippen LogP contribution in [-0.2, 0) is 10.8 Å². The number of rotatable bonds is 6. The van der Waals surface area contributed by atoms with Crippen molar-refractivity contribution in [2.24, 2.45) is 0 Å². The van der Waals surface area contributed by atoms with Crippen molar-refractivity contribution in [1.29, 1.82) is 0 Å². The van der Waals surface area contributed by atoms with Crippen LogP contribution in [0.2, 0.25) is 0 Å². The molecule has 1 heterocycles. The highest BCUT2D eigenvalue weighted by Crippen LogP contribution is 2.59. The summed E-state index contributed by atoms with van der Waals surface area (Å²) in [5.74, 6) is 0. The number of nitrogens with zero attached hydrogens (tertiary/aromatic N) is 1. The molecule has 0 aliphatic heterocycles. The molecule has 2 heteroatoms. The minimum Gasteiger partial charge on any atom is -0.310 e. The Balaban J connectivity index is 1.09. The second-order valence-electron chi connectivity index (χ2n) is 18.0. The number of thiophene rings is 1. The van der Waals surface area contributed by atoms with Crippen molar-refractivity contribution in [2.45, 2.75) is 24.7 Å². The highest BCUT2D eigenvalue weighted by Gasteiger charge is 2.46. The summed E-state index contributed by atoms with van der Waals surface area (Å²) in [5.41, 5.74) is 18.3. The Labute approximate surface area is 378 Å². The summed E-state index contributed by atoms with van der Waals surface area (Å²) in [7, 11) is 0. The molecule has 10 aromatic carbocycles. The summed E-state index contributed by atoms with van der Waals surface area (Å²) in [6.45, 7) is 4.83. The zero-order chi connectivity index (χ0) is 42.6. The number of hydrogen-bond acceptors (Lipinski definition) is 2. The van der Waals surface area contributed by atoms with Gasteiger partial charge in [0.2, 0.25) is 0 Å². The molecule has 0 fully saturated rings. The Hall–Kier alpha value is -7.52. The Morgan fingerprint density at radius 1 is 0.375 bits per heavy atom. The molecule has 302 valence electrons. The number of fused-ring (bicyclic) bond motifs is 10. The van der Waals surface area contributed by atoms with E-state index in [0.717, 1.165) is 17.1 Å². The SMILES string of the molecule is CC1(C)c2ccc(N(c3ccc4c(c3)C(c3ccccc3)(c3ccccc3)c3ccccc3-4)c3ccc4ccccc4c3)cc2-c2c1cc1sc3ccccc3c1c2-c1ccccc1.